The maximum Gasteiger partial charge on any atom is 0.239 e. The van der Waals surface area contributed by atoms with Gasteiger partial charge in [0.1, 0.15) is 0 Å². The van der Waals surface area contributed by atoms with Crippen LogP contribution in [0.5, 0.6) is 0 Å². The van der Waals surface area contributed by atoms with Crippen molar-refractivity contribution < 1.29 is 4.79 Å². The first-order valence-corrected chi connectivity index (χ1v) is 9.92. The van der Waals surface area contributed by atoms with Crippen LogP contribution in [0.25, 0.3) is 10.2 Å². The maximum absolute atomic E-state index is 12.6. The molecule has 3 heterocycles. The molecule has 24 heavy (non-hydrogen) atoms. The van der Waals surface area contributed by atoms with Crippen LogP contribution < -0.4 is 0 Å². The van der Waals surface area contributed by atoms with Crippen molar-refractivity contribution in [3.8, 4) is 0 Å². The predicted octanol–water partition coefficient (Wildman–Crippen LogP) is 3.49. The zero-order valence-corrected chi connectivity index (χ0v) is 15.1. The molecule has 0 aliphatic carbocycles. The van der Waals surface area contributed by atoms with Crippen molar-refractivity contribution >= 4 is 27.5 Å². The number of fused-ring (bicyclic) bond motifs is 1. The third kappa shape index (κ3) is 3.07. The van der Waals surface area contributed by atoms with Crippen molar-refractivity contribution in [1.29, 1.82) is 0 Å². The number of amides is 1. The third-order valence-corrected chi connectivity index (χ3v) is 6.71. The molecule has 2 saturated heterocycles. The number of carbonyl (C=O) groups is 1. The monoisotopic (exact) mass is 343 g/mol. The molecule has 2 aromatic rings. The molecule has 2 aliphatic heterocycles. The standard InChI is InChI=1S/C19H25N3OS/c1-14(19(23)22-10-4-5-11-22)21-12-8-15(9-13-21)18-20-16-6-2-3-7-17(16)24-18/h2-3,6-7,14-15H,4-5,8-13H2,1H3/t14-/m1/s1. The van der Waals surface area contributed by atoms with Gasteiger partial charge in [-0.2, -0.15) is 0 Å². The lowest BCUT2D eigenvalue weighted by Gasteiger charge is -2.36. The topological polar surface area (TPSA) is 36.4 Å². The van der Waals surface area contributed by atoms with Crippen LogP contribution in [0.3, 0.4) is 0 Å². The van der Waals surface area contributed by atoms with Gasteiger partial charge < -0.3 is 4.90 Å². The average molecular weight is 343 g/mol. The smallest absolute Gasteiger partial charge is 0.239 e. The van der Waals surface area contributed by atoms with Crippen LogP contribution in [0.4, 0.5) is 0 Å². The second-order valence-electron chi connectivity index (χ2n) is 7.04. The number of likely N-dealkylation sites (tertiary alicyclic amines) is 2. The van der Waals surface area contributed by atoms with Crippen LogP contribution in [0.2, 0.25) is 0 Å². The summed E-state index contributed by atoms with van der Waals surface area (Å²) in [5.41, 5.74) is 1.12. The van der Waals surface area contributed by atoms with Crippen molar-refractivity contribution in [2.75, 3.05) is 26.2 Å². The van der Waals surface area contributed by atoms with Gasteiger partial charge in [0.15, 0.2) is 0 Å². The van der Waals surface area contributed by atoms with E-state index in [2.05, 4.69) is 36.1 Å². The Labute approximate surface area is 147 Å². The van der Waals surface area contributed by atoms with Gasteiger partial charge in [-0.3, -0.25) is 9.69 Å². The molecule has 1 aromatic heterocycles. The number of piperidine rings is 1. The lowest BCUT2D eigenvalue weighted by atomic mass is 9.96. The van der Waals surface area contributed by atoms with E-state index in [9.17, 15) is 4.79 Å². The molecule has 4 nitrogen and oxygen atoms in total. The molecule has 0 unspecified atom stereocenters. The van der Waals surface area contributed by atoms with Gasteiger partial charge in [-0.05, 0) is 57.8 Å². The molecule has 4 rings (SSSR count). The van der Waals surface area contributed by atoms with Gasteiger partial charge in [0.05, 0.1) is 21.3 Å². The summed E-state index contributed by atoms with van der Waals surface area (Å²) in [7, 11) is 0. The van der Waals surface area contributed by atoms with E-state index in [-0.39, 0.29) is 6.04 Å². The summed E-state index contributed by atoms with van der Waals surface area (Å²) in [4.78, 5) is 21.8. The number of aromatic nitrogens is 1. The molecule has 5 heteroatoms. The number of para-hydroxylation sites is 1. The largest absolute Gasteiger partial charge is 0.341 e. The molecule has 0 spiro atoms. The average Bonchev–Trinajstić information content (AvgIpc) is 3.30. The zero-order valence-electron chi connectivity index (χ0n) is 14.3. The number of hydrogen-bond acceptors (Lipinski definition) is 4. The minimum atomic E-state index is 0.0272. The fourth-order valence-electron chi connectivity index (χ4n) is 3.96. The Morgan fingerprint density at radius 3 is 2.58 bits per heavy atom. The number of nitrogens with zero attached hydrogens (tertiary/aromatic N) is 3. The molecule has 0 N–H and O–H groups in total. The third-order valence-electron chi connectivity index (χ3n) is 5.51. The predicted molar refractivity (Wildman–Crippen MR) is 98.4 cm³/mol. The number of thiazole rings is 1. The van der Waals surface area contributed by atoms with Crippen LogP contribution in [0, 0.1) is 0 Å². The Balaban J connectivity index is 1.38. The summed E-state index contributed by atoms with van der Waals surface area (Å²) in [6.45, 7) is 5.98. The fourth-order valence-corrected chi connectivity index (χ4v) is 5.09. The van der Waals surface area contributed by atoms with E-state index in [1.807, 2.05) is 16.2 Å². The van der Waals surface area contributed by atoms with Crippen molar-refractivity contribution in [1.82, 2.24) is 14.8 Å². The summed E-state index contributed by atoms with van der Waals surface area (Å²) in [5, 5.41) is 1.27. The van der Waals surface area contributed by atoms with Gasteiger partial charge in [-0.15, -0.1) is 11.3 Å². The van der Waals surface area contributed by atoms with Gasteiger partial charge in [0.25, 0.3) is 0 Å². The van der Waals surface area contributed by atoms with Crippen LogP contribution in [0.15, 0.2) is 24.3 Å². The quantitative estimate of drug-likeness (QED) is 0.856. The highest BCUT2D eigenvalue weighted by atomic mass is 32.1. The minimum Gasteiger partial charge on any atom is -0.341 e. The Morgan fingerprint density at radius 1 is 1.17 bits per heavy atom. The van der Waals surface area contributed by atoms with Gasteiger partial charge in [0.2, 0.25) is 5.91 Å². The second-order valence-corrected chi connectivity index (χ2v) is 8.10. The van der Waals surface area contributed by atoms with Crippen LogP contribution in [0.1, 0.15) is 43.5 Å². The van der Waals surface area contributed by atoms with Crippen LogP contribution in [-0.4, -0.2) is 52.9 Å². The van der Waals surface area contributed by atoms with E-state index in [1.54, 1.807) is 0 Å². The van der Waals surface area contributed by atoms with Crippen LogP contribution >= 0.6 is 11.3 Å². The SMILES string of the molecule is C[C@H](C(=O)N1CCCC1)N1CCC(c2nc3ccccc3s2)CC1. The van der Waals surface area contributed by atoms with Gasteiger partial charge >= 0.3 is 0 Å². The summed E-state index contributed by atoms with van der Waals surface area (Å²) in [6, 6.07) is 8.42. The Kier molecular flexibility index (Phi) is 4.55. The minimum absolute atomic E-state index is 0.0272. The Hall–Kier alpha value is -1.46. The lowest BCUT2D eigenvalue weighted by Crippen LogP contribution is -2.48. The Morgan fingerprint density at radius 2 is 1.88 bits per heavy atom. The highest BCUT2D eigenvalue weighted by Gasteiger charge is 2.31. The summed E-state index contributed by atoms with van der Waals surface area (Å²) in [6.07, 6.45) is 4.55. The number of carbonyl (C=O) groups excluding carboxylic acids is 1. The van der Waals surface area contributed by atoms with Crippen molar-refractivity contribution in [3.63, 3.8) is 0 Å². The zero-order chi connectivity index (χ0) is 16.5. The first-order valence-electron chi connectivity index (χ1n) is 9.10. The van der Waals surface area contributed by atoms with E-state index in [4.69, 9.17) is 4.98 Å². The van der Waals surface area contributed by atoms with Crippen LogP contribution in [-0.2, 0) is 4.79 Å². The molecule has 0 radical (unpaired) electrons. The number of hydrogen-bond donors (Lipinski definition) is 0. The summed E-state index contributed by atoms with van der Waals surface area (Å²) in [5.74, 6) is 0.874. The molecule has 2 aliphatic rings. The maximum atomic E-state index is 12.6. The van der Waals surface area contributed by atoms with E-state index < -0.39 is 0 Å². The molecular weight excluding hydrogens is 318 g/mol. The highest BCUT2D eigenvalue weighted by molar-refractivity contribution is 7.18. The second kappa shape index (κ2) is 6.81. The molecule has 0 saturated carbocycles. The summed E-state index contributed by atoms with van der Waals surface area (Å²) < 4.78 is 1.28. The molecule has 1 amide bonds. The first kappa shape index (κ1) is 16.0. The van der Waals surface area contributed by atoms with Crippen molar-refractivity contribution in [2.24, 2.45) is 0 Å². The lowest BCUT2D eigenvalue weighted by molar-refractivity contribution is -0.135. The molecule has 1 aromatic carbocycles. The van der Waals surface area contributed by atoms with E-state index >= 15 is 0 Å². The first-order chi connectivity index (χ1) is 11.7. The van der Waals surface area contributed by atoms with Crippen molar-refractivity contribution in [3.05, 3.63) is 29.3 Å². The molecule has 128 valence electrons. The molecule has 1 atom stereocenters. The van der Waals surface area contributed by atoms with E-state index in [1.165, 1.54) is 9.71 Å². The van der Waals surface area contributed by atoms with Crippen molar-refractivity contribution in [2.45, 2.75) is 44.6 Å². The fraction of sp³-hybridized carbons (Fsp3) is 0.579. The van der Waals surface area contributed by atoms with E-state index in [0.29, 0.717) is 11.8 Å². The normalized spacial score (nSPS) is 21.5. The molecule has 2 fully saturated rings. The number of benzene rings is 1. The molecular formula is C19H25N3OS. The van der Waals surface area contributed by atoms with E-state index in [0.717, 1.165) is 57.4 Å². The van der Waals surface area contributed by atoms with Gasteiger partial charge in [0, 0.05) is 19.0 Å². The van der Waals surface area contributed by atoms with Gasteiger partial charge in [-0.25, -0.2) is 4.98 Å². The highest BCUT2D eigenvalue weighted by Crippen LogP contribution is 2.34. The number of rotatable bonds is 3. The van der Waals surface area contributed by atoms with Gasteiger partial charge in [-0.1, -0.05) is 12.1 Å². The summed E-state index contributed by atoms with van der Waals surface area (Å²) >= 11 is 1.84. The molecule has 0 bridgehead atoms. The Bertz CT molecular complexity index is 681.